The fourth-order valence-electron chi connectivity index (χ4n) is 7.09. The molecule has 1 amide bonds. The number of carbonyl (C=O) groups is 2. The van der Waals surface area contributed by atoms with Crippen LogP contribution in [-0.4, -0.2) is 79.4 Å². The lowest BCUT2D eigenvalue weighted by molar-refractivity contribution is -0.384. The number of nitro groups is 1. The molecule has 0 unspecified atom stereocenters. The number of hydrogen-bond donors (Lipinski definition) is 3. The molecule has 320 valence electrons. The van der Waals surface area contributed by atoms with Crippen LogP contribution >= 0.6 is 11.8 Å². The van der Waals surface area contributed by atoms with Gasteiger partial charge in [0.05, 0.1) is 9.82 Å². The minimum atomic E-state index is -5.08. The standard InChI is InChI=1S/C40H37F2N5O5S2.C2HF3O2/c41-35-15-11-27(23-36(35)42)34-9-5-4-6-30(34)25-45-19-20-46-31(26-45)13-10-28-22-29(12-17-38(28)46)40(48)44-54(51,52)33-14-16-37(39(24-33)47(49)50)43-18-21-53-32-7-2-1-3-8-32;3-2(4,5)1(6)7/h1-9,11-12,14-17,22-24,31,43H,10,13,18-21,25-26H2,(H,44,48);(H,6,7)/t31-;/m0./s1. The third-order valence-electron chi connectivity index (χ3n) is 9.98. The Labute approximate surface area is 351 Å². The van der Waals surface area contributed by atoms with E-state index in [1.807, 2.05) is 60.7 Å². The van der Waals surface area contributed by atoms with Crippen molar-refractivity contribution >= 4 is 50.7 Å². The van der Waals surface area contributed by atoms with Crippen LogP contribution in [-0.2, 0) is 27.8 Å². The molecule has 0 radical (unpaired) electrons. The Morgan fingerprint density at radius 2 is 1.62 bits per heavy atom. The topological polar surface area (TPSA) is 162 Å². The van der Waals surface area contributed by atoms with Crippen molar-refractivity contribution in [2.24, 2.45) is 0 Å². The second kappa shape index (κ2) is 19.1. The maximum atomic E-state index is 14.0. The van der Waals surface area contributed by atoms with Crippen molar-refractivity contribution in [3.63, 3.8) is 0 Å². The molecule has 19 heteroatoms. The summed E-state index contributed by atoms with van der Waals surface area (Å²) < 4.78 is 88.0. The summed E-state index contributed by atoms with van der Waals surface area (Å²) in [4.78, 5) is 38.7. The summed E-state index contributed by atoms with van der Waals surface area (Å²) in [6.45, 7) is 3.35. The van der Waals surface area contributed by atoms with E-state index in [1.165, 1.54) is 18.2 Å². The highest BCUT2D eigenvalue weighted by atomic mass is 32.2. The molecule has 5 aromatic carbocycles. The number of aryl methyl sites for hydroxylation is 1. The maximum Gasteiger partial charge on any atom is 0.490 e. The molecule has 2 aliphatic rings. The van der Waals surface area contributed by atoms with Crippen molar-refractivity contribution in [3.05, 3.63) is 148 Å². The molecule has 12 nitrogen and oxygen atoms in total. The van der Waals surface area contributed by atoms with Crippen LogP contribution in [0, 0.1) is 21.7 Å². The number of thioether (sulfide) groups is 1. The third kappa shape index (κ3) is 11.2. The zero-order valence-electron chi connectivity index (χ0n) is 32.1. The number of halogens is 5. The SMILES string of the molecule is O=C(NS(=O)(=O)c1ccc(NCCSc2ccccc2)c([N+](=O)[O-])c1)c1ccc2c(c1)CC[C@H]1CN(Cc3ccccc3-c3ccc(F)c(F)c3)CCN21.O=C(O)C(F)(F)F. The molecule has 61 heavy (non-hydrogen) atoms. The Morgan fingerprint density at radius 3 is 2.33 bits per heavy atom. The summed E-state index contributed by atoms with van der Waals surface area (Å²) in [6, 6.07) is 30.3. The minimum absolute atomic E-state index is 0.173. The lowest BCUT2D eigenvalue weighted by atomic mass is 9.92. The van der Waals surface area contributed by atoms with Crippen LogP contribution in [0.2, 0.25) is 0 Å². The van der Waals surface area contributed by atoms with E-state index in [9.17, 15) is 45.3 Å². The van der Waals surface area contributed by atoms with Gasteiger partial charge in [0.25, 0.3) is 21.6 Å². The molecule has 0 saturated carbocycles. The van der Waals surface area contributed by atoms with E-state index in [0.29, 0.717) is 30.8 Å². The number of hydrogen-bond acceptors (Lipinski definition) is 10. The zero-order valence-corrected chi connectivity index (χ0v) is 33.7. The van der Waals surface area contributed by atoms with Crippen molar-refractivity contribution in [2.75, 3.05) is 42.1 Å². The van der Waals surface area contributed by atoms with Crippen LogP contribution in [0.15, 0.2) is 119 Å². The lowest BCUT2D eigenvalue weighted by Crippen LogP contribution is -2.54. The molecule has 1 saturated heterocycles. The Hall–Kier alpha value is -6.05. The number of rotatable bonds is 12. The van der Waals surface area contributed by atoms with Gasteiger partial charge in [-0.15, -0.1) is 11.8 Å². The number of carbonyl (C=O) groups excluding carboxylic acids is 1. The van der Waals surface area contributed by atoms with Crippen LogP contribution in [0.1, 0.15) is 27.9 Å². The van der Waals surface area contributed by atoms with E-state index < -0.39 is 55.2 Å². The number of nitrogens with one attached hydrogen (secondary N) is 2. The second-order valence-corrected chi connectivity index (χ2v) is 16.9. The average molecular weight is 884 g/mol. The number of amides is 1. The highest BCUT2D eigenvalue weighted by Gasteiger charge is 2.38. The van der Waals surface area contributed by atoms with Gasteiger partial charge in [0, 0.05) is 66.7 Å². The Kier molecular flexibility index (Phi) is 13.9. The highest BCUT2D eigenvalue weighted by molar-refractivity contribution is 7.99. The predicted molar refractivity (Wildman–Crippen MR) is 220 cm³/mol. The van der Waals surface area contributed by atoms with E-state index in [2.05, 4.69) is 19.8 Å². The van der Waals surface area contributed by atoms with E-state index >= 15 is 0 Å². The van der Waals surface area contributed by atoms with Gasteiger partial charge in [0.1, 0.15) is 5.69 Å². The largest absolute Gasteiger partial charge is 0.490 e. The molecule has 3 N–H and O–H groups in total. The summed E-state index contributed by atoms with van der Waals surface area (Å²) >= 11 is 1.58. The van der Waals surface area contributed by atoms with E-state index in [0.717, 1.165) is 65.5 Å². The number of benzene rings is 5. The number of sulfonamides is 1. The van der Waals surface area contributed by atoms with Crippen LogP contribution in [0.3, 0.4) is 0 Å². The van der Waals surface area contributed by atoms with Gasteiger partial charge < -0.3 is 15.3 Å². The van der Waals surface area contributed by atoms with Gasteiger partial charge in [-0.05, 0) is 89.7 Å². The maximum absolute atomic E-state index is 14.0. The molecule has 0 spiro atoms. The number of nitro benzene ring substituents is 1. The Morgan fingerprint density at radius 1 is 0.902 bits per heavy atom. The molecule has 1 fully saturated rings. The van der Waals surface area contributed by atoms with Crippen LogP contribution < -0.4 is 14.9 Å². The third-order valence-corrected chi connectivity index (χ3v) is 12.3. The highest BCUT2D eigenvalue weighted by Crippen LogP contribution is 2.35. The monoisotopic (exact) mass is 883 g/mol. The van der Waals surface area contributed by atoms with Crippen molar-refractivity contribution in [1.29, 1.82) is 0 Å². The molecular formula is C42H38F5N5O7S2. The molecule has 2 heterocycles. The number of fused-ring (bicyclic) bond motifs is 3. The van der Waals surface area contributed by atoms with Gasteiger partial charge in [0.15, 0.2) is 11.6 Å². The number of piperazine rings is 1. The Bertz CT molecular complexity index is 2530. The Balaban J connectivity index is 0.000000819. The molecule has 0 aromatic heterocycles. The predicted octanol–water partition coefficient (Wildman–Crippen LogP) is 8.13. The number of alkyl halides is 3. The lowest BCUT2D eigenvalue weighted by Gasteiger charge is -2.46. The summed E-state index contributed by atoms with van der Waals surface area (Å²) in [5.74, 6) is -4.71. The summed E-state index contributed by atoms with van der Waals surface area (Å²) in [5, 5.41) is 22.0. The number of carboxylic acids is 1. The summed E-state index contributed by atoms with van der Waals surface area (Å²) in [6.07, 6.45) is -3.57. The van der Waals surface area contributed by atoms with E-state index in [1.54, 1.807) is 30.0 Å². The molecule has 0 aliphatic carbocycles. The summed E-state index contributed by atoms with van der Waals surface area (Å²) in [5.41, 5.74) is 4.38. The fraction of sp³-hybridized carbons (Fsp3) is 0.238. The van der Waals surface area contributed by atoms with Crippen molar-refractivity contribution in [3.8, 4) is 11.1 Å². The van der Waals surface area contributed by atoms with E-state index in [-0.39, 0.29) is 17.3 Å². The van der Waals surface area contributed by atoms with Gasteiger partial charge in [-0.2, -0.15) is 13.2 Å². The second-order valence-electron chi connectivity index (χ2n) is 14.0. The molecule has 1 atom stereocenters. The number of anilines is 2. The first-order valence-electron chi connectivity index (χ1n) is 18.7. The summed E-state index contributed by atoms with van der Waals surface area (Å²) in [7, 11) is -4.43. The normalized spacial score (nSPS) is 15.1. The number of nitrogens with zero attached hydrogens (tertiary/aromatic N) is 3. The quantitative estimate of drug-likeness (QED) is 0.0365. The van der Waals surface area contributed by atoms with Crippen LogP contribution in [0.4, 0.5) is 39.0 Å². The van der Waals surface area contributed by atoms with Gasteiger partial charge in [-0.1, -0.05) is 48.5 Å². The van der Waals surface area contributed by atoms with Crippen molar-refractivity contribution in [2.45, 2.75) is 41.4 Å². The molecule has 5 aromatic rings. The molecule has 2 aliphatic heterocycles. The minimum Gasteiger partial charge on any atom is -0.475 e. The van der Waals surface area contributed by atoms with Gasteiger partial charge in [-0.25, -0.2) is 26.7 Å². The molecule has 7 rings (SSSR count). The molecular weight excluding hydrogens is 846 g/mol. The van der Waals surface area contributed by atoms with Gasteiger partial charge in [0.2, 0.25) is 0 Å². The van der Waals surface area contributed by atoms with Crippen LogP contribution in [0.25, 0.3) is 11.1 Å². The van der Waals surface area contributed by atoms with Crippen LogP contribution in [0.5, 0.6) is 0 Å². The van der Waals surface area contributed by atoms with Gasteiger partial charge in [-0.3, -0.25) is 19.8 Å². The first-order chi connectivity index (χ1) is 29.0. The average Bonchev–Trinajstić information content (AvgIpc) is 3.23. The fourth-order valence-corrected chi connectivity index (χ4v) is 8.87. The first kappa shape index (κ1) is 44.5. The zero-order chi connectivity index (χ0) is 43.9. The van der Waals surface area contributed by atoms with Crippen molar-refractivity contribution in [1.82, 2.24) is 9.62 Å². The van der Waals surface area contributed by atoms with E-state index in [4.69, 9.17) is 9.90 Å². The van der Waals surface area contributed by atoms with Crippen molar-refractivity contribution < 1.29 is 50.0 Å². The van der Waals surface area contributed by atoms with Gasteiger partial charge >= 0.3 is 12.1 Å². The number of carboxylic acid groups (broad SMARTS) is 1. The smallest absolute Gasteiger partial charge is 0.475 e. The number of aliphatic carboxylic acids is 1. The molecule has 0 bridgehead atoms. The first-order valence-corrected chi connectivity index (χ1v) is 21.2.